The Kier molecular flexibility index (Phi) is 15.6. The van der Waals surface area contributed by atoms with Gasteiger partial charge in [-0.1, -0.05) is 174 Å². The number of allylic oxidation sites excluding steroid dienone is 2. The molecular formula is C55H43F2IN6O5S3. The normalized spacial score (nSPS) is 15.8. The molecule has 5 heterocycles. The Morgan fingerprint density at radius 2 is 1.39 bits per heavy atom. The van der Waals surface area contributed by atoms with Crippen molar-refractivity contribution in [1.82, 2.24) is 15.2 Å². The molecule has 10 rings (SSSR count). The molecule has 1 fully saturated rings. The van der Waals surface area contributed by atoms with Crippen LogP contribution in [0, 0.1) is 0 Å². The Balaban J connectivity index is 0.00000640. The van der Waals surface area contributed by atoms with Crippen LogP contribution < -0.4 is 39.2 Å². The van der Waals surface area contributed by atoms with E-state index in [-0.39, 0.29) is 41.1 Å². The van der Waals surface area contributed by atoms with Crippen molar-refractivity contribution < 1.29 is 61.3 Å². The minimum atomic E-state index is -3.36. The molecule has 0 bridgehead atoms. The van der Waals surface area contributed by atoms with Crippen LogP contribution in [0.25, 0.3) is 10.2 Å². The van der Waals surface area contributed by atoms with Crippen molar-refractivity contribution in [2.45, 2.75) is 36.2 Å². The smallest absolute Gasteiger partial charge is 0.407 e. The Hall–Kier alpha value is -7.06. The number of oxime groups is 1. The monoisotopic (exact) mass is 1130 g/mol. The van der Waals surface area contributed by atoms with Crippen molar-refractivity contribution in [1.29, 1.82) is 0 Å². The van der Waals surface area contributed by atoms with Gasteiger partial charge in [0, 0.05) is 17.2 Å². The number of hydrogen-bond donors (Lipinski definition) is 2. The van der Waals surface area contributed by atoms with E-state index in [4.69, 9.17) is 9.72 Å². The van der Waals surface area contributed by atoms with Crippen molar-refractivity contribution in [2.24, 2.45) is 5.16 Å². The SMILES string of the molecule is O=C(N[C@@H]1C(=O)N2C(C(=O)OC(c3ccccc3)c3ccccc3)=C(C=CC[n+]3cccc4ccsc43)CS[C@H]12)C(=NOC(F)F)c1csc(NC(c2ccccc2)(c2ccccc2)c2ccccc2)n1.[I-]. The summed E-state index contributed by atoms with van der Waals surface area (Å²) >= 11 is 4.10. The van der Waals surface area contributed by atoms with E-state index in [1.165, 1.54) is 22.0 Å². The van der Waals surface area contributed by atoms with Crippen LogP contribution in [0.1, 0.15) is 39.6 Å². The predicted octanol–water partition coefficient (Wildman–Crippen LogP) is 7.24. The summed E-state index contributed by atoms with van der Waals surface area (Å²) in [6.07, 6.45) is 4.94. The highest BCUT2D eigenvalue weighted by Gasteiger charge is 2.55. The van der Waals surface area contributed by atoms with Crippen molar-refractivity contribution in [3.8, 4) is 0 Å². The second kappa shape index (κ2) is 22.6. The summed E-state index contributed by atoms with van der Waals surface area (Å²) in [4.78, 5) is 55.0. The molecule has 0 aliphatic carbocycles. The quantitative estimate of drug-likeness (QED) is 0.0186. The first-order chi connectivity index (χ1) is 34.8. The van der Waals surface area contributed by atoms with Gasteiger partial charge in [-0.05, 0) is 57.0 Å². The zero-order valence-electron chi connectivity index (χ0n) is 38.0. The molecular weight excluding hydrogens is 1090 g/mol. The number of pyridine rings is 1. The topological polar surface area (TPSA) is 126 Å². The molecule has 2 atom stereocenters. The highest BCUT2D eigenvalue weighted by atomic mass is 127. The number of carbonyl (C=O) groups excluding carboxylic acids is 3. The van der Waals surface area contributed by atoms with E-state index in [1.54, 1.807) is 11.3 Å². The van der Waals surface area contributed by atoms with Crippen molar-refractivity contribution in [3.63, 3.8) is 0 Å². The zero-order valence-corrected chi connectivity index (χ0v) is 42.6. The summed E-state index contributed by atoms with van der Waals surface area (Å²) in [6, 6.07) is 52.9. The molecule has 0 saturated carbocycles. The highest BCUT2D eigenvalue weighted by molar-refractivity contribution is 8.00. The zero-order chi connectivity index (χ0) is 48.7. The second-order valence-corrected chi connectivity index (χ2v) is 19.3. The summed E-state index contributed by atoms with van der Waals surface area (Å²) in [5.41, 5.74) is 3.10. The van der Waals surface area contributed by atoms with E-state index < -0.39 is 53.2 Å². The van der Waals surface area contributed by atoms with Crippen LogP contribution in [0.15, 0.2) is 215 Å². The molecule has 11 nitrogen and oxygen atoms in total. The number of nitrogens with zero attached hydrogens (tertiary/aromatic N) is 4. The second-order valence-electron chi connectivity index (χ2n) is 16.4. The number of benzene rings is 5. The Labute approximate surface area is 442 Å². The molecule has 0 unspecified atom stereocenters. The maximum atomic E-state index is 14.7. The number of ether oxygens (including phenoxy) is 1. The fourth-order valence-electron chi connectivity index (χ4n) is 8.84. The Morgan fingerprint density at radius 1 is 0.806 bits per heavy atom. The van der Waals surface area contributed by atoms with Crippen molar-refractivity contribution in [3.05, 3.63) is 244 Å². The lowest BCUT2D eigenvalue weighted by Crippen LogP contribution is -3.00. The van der Waals surface area contributed by atoms with Crippen LogP contribution in [0.2, 0.25) is 0 Å². The van der Waals surface area contributed by atoms with Crippen molar-refractivity contribution >= 4 is 73.3 Å². The van der Waals surface area contributed by atoms with Crippen LogP contribution in [0.4, 0.5) is 13.9 Å². The van der Waals surface area contributed by atoms with Gasteiger partial charge in [0.05, 0.1) is 5.39 Å². The lowest BCUT2D eigenvalue weighted by atomic mass is 9.77. The van der Waals surface area contributed by atoms with Gasteiger partial charge in [-0.15, -0.1) is 23.1 Å². The van der Waals surface area contributed by atoms with E-state index in [9.17, 15) is 23.2 Å². The number of amides is 2. The number of nitrogens with one attached hydrogen (secondary N) is 2. The number of esters is 1. The fraction of sp³-hybridized carbons (Fsp3) is 0.127. The van der Waals surface area contributed by atoms with Gasteiger partial charge < -0.3 is 44.2 Å². The highest BCUT2D eigenvalue weighted by Crippen LogP contribution is 2.43. The van der Waals surface area contributed by atoms with E-state index in [0.717, 1.165) is 49.4 Å². The summed E-state index contributed by atoms with van der Waals surface area (Å²) in [5.74, 6) is -2.03. The predicted molar refractivity (Wildman–Crippen MR) is 273 cm³/mol. The van der Waals surface area contributed by atoms with Gasteiger partial charge in [0.2, 0.25) is 0 Å². The standard InChI is InChI=1S/C55H42F2N6O5S3.HI/c56-53(57)68-61-44(43-35-71-54(58-43)60-55(40-24-10-3-11-25-40,41-26-12-4-13-27-41)42-28-14-5-15-29-42)48(64)59-45-49(65)63-46(52(66)67-47(36-18-6-1-7-19-36)37-20-8-2-9-21-37)39(34-70-51(45)63)23-17-32-62-31-16-22-38-30-33-69-50(38)62;/h1-31,33,35,45,47,51,53H,32,34H2,(H-,58,59,60,64);1H/t45-,51-;/m1./s1. The number of rotatable bonds is 17. The molecule has 0 radical (unpaired) electrons. The number of fused-ring (bicyclic) bond motifs is 2. The van der Waals surface area contributed by atoms with Crippen LogP contribution in [-0.2, 0) is 36.0 Å². The number of carbonyl (C=O) groups is 3. The van der Waals surface area contributed by atoms with Crippen LogP contribution >= 0.6 is 34.4 Å². The van der Waals surface area contributed by atoms with Crippen LogP contribution in [0.3, 0.4) is 0 Å². The Bertz CT molecular complexity index is 3140. The maximum Gasteiger partial charge on any atom is 0.407 e. The average Bonchev–Trinajstić information content (AvgIpc) is 4.10. The molecule has 0 spiro atoms. The number of thiophene rings is 1. The van der Waals surface area contributed by atoms with Gasteiger partial charge in [0.1, 0.15) is 28.3 Å². The number of hydrogen-bond acceptors (Lipinski definition) is 11. The third-order valence-electron chi connectivity index (χ3n) is 12.1. The van der Waals surface area contributed by atoms with Gasteiger partial charge in [-0.2, -0.15) is 13.3 Å². The van der Waals surface area contributed by atoms with E-state index >= 15 is 0 Å². The number of thioether (sulfide) groups is 1. The number of β-lactam (4-membered cyclic amide) rings is 1. The largest absolute Gasteiger partial charge is 1.00 e. The number of anilines is 1. The number of alkyl halides is 2. The lowest BCUT2D eigenvalue weighted by Gasteiger charge is -2.49. The summed E-state index contributed by atoms with van der Waals surface area (Å²) in [6.45, 7) is -2.87. The van der Waals surface area contributed by atoms with Crippen molar-refractivity contribution in [2.75, 3.05) is 11.1 Å². The van der Waals surface area contributed by atoms with Crippen LogP contribution in [0.5, 0.6) is 0 Å². The average molecular weight is 1130 g/mol. The van der Waals surface area contributed by atoms with Crippen LogP contribution in [-0.4, -0.2) is 57.2 Å². The van der Waals surface area contributed by atoms with E-state index in [2.05, 4.69) is 31.3 Å². The first-order valence-corrected chi connectivity index (χ1v) is 25.3. The molecule has 2 aliphatic rings. The summed E-state index contributed by atoms with van der Waals surface area (Å²) in [5, 5.41) is 14.1. The molecule has 3 aromatic heterocycles. The van der Waals surface area contributed by atoms with E-state index in [1.807, 2.05) is 188 Å². The molecule has 362 valence electrons. The number of thiazole rings is 1. The van der Waals surface area contributed by atoms with E-state index in [0.29, 0.717) is 17.2 Å². The molecule has 5 aromatic carbocycles. The number of aromatic nitrogens is 2. The Morgan fingerprint density at radius 3 is 1.97 bits per heavy atom. The van der Waals surface area contributed by atoms with Gasteiger partial charge in [0.25, 0.3) is 16.6 Å². The molecule has 1 saturated heterocycles. The maximum absolute atomic E-state index is 14.7. The minimum absolute atomic E-state index is 0. The molecule has 17 heteroatoms. The van der Waals surface area contributed by atoms with Gasteiger partial charge in [0.15, 0.2) is 29.7 Å². The third kappa shape index (κ3) is 10.3. The minimum Gasteiger partial charge on any atom is -1.00 e. The summed E-state index contributed by atoms with van der Waals surface area (Å²) in [7, 11) is 0. The molecule has 2 aliphatic heterocycles. The fourth-order valence-corrected chi connectivity index (χ4v) is 11.8. The first-order valence-electron chi connectivity index (χ1n) is 22.5. The van der Waals surface area contributed by atoms with Gasteiger partial charge in [-0.25, -0.2) is 9.78 Å². The lowest BCUT2D eigenvalue weighted by molar-refractivity contribution is -0.658. The molecule has 2 amide bonds. The van der Waals surface area contributed by atoms with Gasteiger partial charge >= 0.3 is 12.6 Å². The molecule has 2 N–H and O–H groups in total. The van der Waals surface area contributed by atoms with Gasteiger partial charge in [-0.3, -0.25) is 14.5 Å². The third-order valence-corrected chi connectivity index (χ3v) is 15.1. The molecule has 8 aromatic rings. The molecule has 72 heavy (non-hydrogen) atoms. The first kappa shape index (κ1) is 49.9. The summed E-state index contributed by atoms with van der Waals surface area (Å²) < 4.78 is 35.8. The number of halogens is 3.